The van der Waals surface area contributed by atoms with Crippen LogP contribution < -0.4 is 5.32 Å². The fourth-order valence-corrected chi connectivity index (χ4v) is 1.42. The zero-order valence-corrected chi connectivity index (χ0v) is 9.81. The smallest absolute Gasteiger partial charge is 0.308 e. The minimum absolute atomic E-state index is 0.152. The van der Waals surface area contributed by atoms with Crippen LogP contribution >= 0.6 is 0 Å². The van der Waals surface area contributed by atoms with Gasteiger partial charge in [0.15, 0.2) is 0 Å². The highest BCUT2D eigenvalue weighted by atomic mass is 16.4. The van der Waals surface area contributed by atoms with E-state index in [0.717, 1.165) is 5.76 Å². The standard InChI is InChI=1S/C12H17NO4/c1-2-9(12(15)16)8-13-11(14)6-5-10-4-3-7-17-10/h3-4,7,9H,2,5-6,8H2,1H3,(H,13,14)(H,15,16). The number of hydrogen-bond donors (Lipinski definition) is 2. The highest BCUT2D eigenvalue weighted by Gasteiger charge is 2.15. The van der Waals surface area contributed by atoms with Crippen LogP contribution in [-0.2, 0) is 16.0 Å². The second kappa shape index (κ2) is 6.73. The summed E-state index contributed by atoms with van der Waals surface area (Å²) in [6, 6.07) is 3.57. The maximum atomic E-state index is 11.4. The maximum Gasteiger partial charge on any atom is 0.308 e. The van der Waals surface area contributed by atoms with Crippen molar-refractivity contribution in [1.82, 2.24) is 5.32 Å². The van der Waals surface area contributed by atoms with Gasteiger partial charge in [-0.2, -0.15) is 0 Å². The first-order chi connectivity index (χ1) is 8.13. The van der Waals surface area contributed by atoms with Gasteiger partial charge >= 0.3 is 5.97 Å². The molecular weight excluding hydrogens is 222 g/mol. The van der Waals surface area contributed by atoms with Crippen molar-refractivity contribution in [2.75, 3.05) is 6.54 Å². The summed E-state index contributed by atoms with van der Waals surface area (Å²) in [6.45, 7) is 1.97. The normalized spacial score (nSPS) is 12.1. The van der Waals surface area contributed by atoms with E-state index in [1.54, 1.807) is 25.3 Å². The second-order valence-electron chi connectivity index (χ2n) is 3.83. The summed E-state index contributed by atoms with van der Waals surface area (Å²) in [5.41, 5.74) is 0. The molecule has 1 amide bonds. The van der Waals surface area contributed by atoms with Gasteiger partial charge in [-0.05, 0) is 18.6 Å². The first-order valence-electron chi connectivity index (χ1n) is 5.65. The number of aliphatic carboxylic acids is 1. The predicted molar refractivity (Wildman–Crippen MR) is 61.5 cm³/mol. The van der Waals surface area contributed by atoms with E-state index in [9.17, 15) is 9.59 Å². The van der Waals surface area contributed by atoms with Gasteiger partial charge in [0.05, 0.1) is 12.2 Å². The summed E-state index contributed by atoms with van der Waals surface area (Å²) in [4.78, 5) is 22.2. The molecule has 0 bridgehead atoms. The van der Waals surface area contributed by atoms with Crippen molar-refractivity contribution in [3.63, 3.8) is 0 Å². The minimum Gasteiger partial charge on any atom is -0.481 e. The van der Waals surface area contributed by atoms with Gasteiger partial charge < -0.3 is 14.8 Å². The van der Waals surface area contributed by atoms with Gasteiger partial charge in [0, 0.05) is 19.4 Å². The molecule has 1 aromatic heterocycles. The Morgan fingerprint density at radius 3 is 2.82 bits per heavy atom. The zero-order chi connectivity index (χ0) is 12.7. The molecule has 5 heteroatoms. The van der Waals surface area contributed by atoms with E-state index in [1.165, 1.54) is 0 Å². The highest BCUT2D eigenvalue weighted by molar-refractivity contribution is 5.77. The summed E-state index contributed by atoms with van der Waals surface area (Å²) in [7, 11) is 0. The lowest BCUT2D eigenvalue weighted by molar-refractivity contribution is -0.141. The van der Waals surface area contributed by atoms with Crippen LogP contribution in [0.3, 0.4) is 0 Å². The fraction of sp³-hybridized carbons (Fsp3) is 0.500. The van der Waals surface area contributed by atoms with Crippen LogP contribution in [-0.4, -0.2) is 23.5 Å². The molecule has 0 aliphatic heterocycles. The molecule has 0 radical (unpaired) electrons. The SMILES string of the molecule is CCC(CNC(=O)CCc1ccco1)C(=O)O. The Morgan fingerprint density at radius 2 is 2.29 bits per heavy atom. The largest absolute Gasteiger partial charge is 0.481 e. The number of rotatable bonds is 7. The molecule has 1 rings (SSSR count). The first kappa shape index (κ1) is 13.3. The van der Waals surface area contributed by atoms with Crippen molar-refractivity contribution in [2.45, 2.75) is 26.2 Å². The summed E-state index contributed by atoms with van der Waals surface area (Å²) in [6.07, 6.45) is 2.91. The average Bonchev–Trinajstić information content (AvgIpc) is 2.79. The third-order valence-electron chi connectivity index (χ3n) is 2.57. The van der Waals surface area contributed by atoms with E-state index < -0.39 is 11.9 Å². The van der Waals surface area contributed by atoms with Crippen LogP contribution in [0, 0.1) is 5.92 Å². The van der Waals surface area contributed by atoms with E-state index in [-0.39, 0.29) is 12.5 Å². The zero-order valence-electron chi connectivity index (χ0n) is 9.81. The summed E-state index contributed by atoms with van der Waals surface area (Å²) < 4.78 is 5.09. The number of carboxylic acids is 1. The van der Waals surface area contributed by atoms with Crippen LogP contribution in [0.5, 0.6) is 0 Å². The van der Waals surface area contributed by atoms with Crippen molar-refractivity contribution < 1.29 is 19.1 Å². The van der Waals surface area contributed by atoms with E-state index in [0.29, 0.717) is 19.3 Å². The molecule has 0 saturated heterocycles. The van der Waals surface area contributed by atoms with Gasteiger partial charge in [-0.15, -0.1) is 0 Å². The van der Waals surface area contributed by atoms with E-state index in [4.69, 9.17) is 9.52 Å². The number of nitrogens with one attached hydrogen (secondary N) is 1. The molecule has 5 nitrogen and oxygen atoms in total. The Hall–Kier alpha value is -1.78. The Kier molecular flexibility index (Phi) is 5.26. The predicted octanol–water partition coefficient (Wildman–Crippen LogP) is 1.44. The average molecular weight is 239 g/mol. The Balaban J connectivity index is 2.23. The lowest BCUT2D eigenvalue weighted by atomic mass is 10.1. The molecule has 0 aliphatic rings. The minimum atomic E-state index is -0.876. The van der Waals surface area contributed by atoms with Crippen LogP contribution in [0.1, 0.15) is 25.5 Å². The number of carbonyl (C=O) groups is 2. The topological polar surface area (TPSA) is 79.5 Å². The first-order valence-corrected chi connectivity index (χ1v) is 5.65. The molecule has 0 spiro atoms. The van der Waals surface area contributed by atoms with Gasteiger partial charge in [-0.3, -0.25) is 9.59 Å². The van der Waals surface area contributed by atoms with Crippen LogP contribution in [0.4, 0.5) is 0 Å². The molecule has 17 heavy (non-hydrogen) atoms. The number of carbonyl (C=O) groups excluding carboxylic acids is 1. The lowest BCUT2D eigenvalue weighted by Gasteiger charge is -2.10. The molecule has 0 aliphatic carbocycles. The van der Waals surface area contributed by atoms with Crippen molar-refractivity contribution >= 4 is 11.9 Å². The molecule has 94 valence electrons. The molecular formula is C12H17NO4. The van der Waals surface area contributed by atoms with Crippen LogP contribution in [0.2, 0.25) is 0 Å². The van der Waals surface area contributed by atoms with Crippen molar-refractivity contribution in [2.24, 2.45) is 5.92 Å². The molecule has 1 atom stereocenters. The number of carboxylic acid groups (broad SMARTS) is 1. The third kappa shape index (κ3) is 4.72. The molecule has 1 unspecified atom stereocenters. The van der Waals surface area contributed by atoms with Gasteiger partial charge in [0.25, 0.3) is 0 Å². The van der Waals surface area contributed by atoms with Crippen LogP contribution in [0.15, 0.2) is 22.8 Å². The summed E-state index contributed by atoms with van der Waals surface area (Å²) >= 11 is 0. The number of amides is 1. The summed E-state index contributed by atoms with van der Waals surface area (Å²) in [5.74, 6) is -0.784. The molecule has 2 N–H and O–H groups in total. The fourth-order valence-electron chi connectivity index (χ4n) is 1.42. The van der Waals surface area contributed by atoms with E-state index in [1.807, 2.05) is 0 Å². The number of aryl methyl sites for hydroxylation is 1. The third-order valence-corrected chi connectivity index (χ3v) is 2.57. The Bertz CT molecular complexity index is 359. The number of hydrogen-bond acceptors (Lipinski definition) is 3. The quantitative estimate of drug-likeness (QED) is 0.754. The Morgan fingerprint density at radius 1 is 1.53 bits per heavy atom. The lowest BCUT2D eigenvalue weighted by Crippen LogP contribution is -2.32. The van der Waals surface area contributed by atoms with E-state index >= 15 is 0 Å². The Labute approximate surface area is 99.8 Å². The number of furan rings is 1. The maximum absolute atomic E-state index is 11.4. The van der Waals surface area contributed by atoms with Crippen LogP contribution in [0.25, 0.3) is 0 Å². The molecule has 0 saturated carbocycles. The van der Waals surface area contributed by atoms with Crippen molar-refractivity contribution in [3.8, 4) is 0 Å². The van der Waals surface area contributed by atoms with Gasteiger partial charge in [0.1, 0.15) is 5.76 Å². The van der Waals surface area contributed by atoms with Gasteiger partial charge in [0.2, 0.25) is 5.91 Å². The molecule has 1 heterocycles. The molecule has 0 aromatic carbocycles. The second-order valence-corrected chi connectivity index (χ2v) is 3.83. The van der Waals surface area contributed by atoms with Crippen molar-refractivity contribution in [1.29, 1.82) is 0 Å². The van der Waals surface area contributed by atoms with Gasteiger partial charge in [-0.1, -0.05) is 6.92 Å². The molecule has 1 aromatic rings. The van der Waals surface area contributed by atoms with E-state index in [2.05, 4.69) is 5.32 Å². The summed E-state index contributed by atoms with van der Waals surface area (Å²) in [5, 5.41) is 11.4. The monoisotopic (exact) mass is 239 g/mol. The molecule has 0 fully saturated rings. The highest BCUT2D eigenvalue weighted by Crippen LogP contribution is 2.04. The van der Waals surface area contributed by atoms with Gasteiger partial charge in [-0.25, -0.2) is 0 Å². The van der Waals surface area contributed by atoms with Crippen molar-refractivity contribution in [3.05, 3.63) is 24.2 Å².